The Hall–Kier alpha value is -9.49. The van der Waals surface area contributed by atoms with Gasteiger partial charge in [0, 0.05) is 118 Å². The van der Waals surface area contributed by atoms with Crippen molar-refractivity contribution in [2.45, 2.75) is 280 Å². The lowest BCUT2D eigenvalue weighted by atomic mass is 9.92. The van der Waals surface area contributed by atoms with E-state index in [4.69, 9.17) is 15.9 Å². The molecule has 2 saturated heterocycles. The number of nitrogens with one attached hydrogen (secondary N) is 13. The van der Waals surface area contributed by atoms with Crippen LogP contribution in [0, 0.1) is 0 Å². The third-order valence-electron chi connectivity index (χ3n) is 20.4. The second kappa shape index (κ2) is 54.4. The summed E-state index contributed by atoms with van der Waals surface area (Å²) >= 11 is 1.88. The molecule has 11 amide bonds. The van der Waals surface area contributed by atoms with Gasteiger partial charge in [-0.2, -0.15) is 11.8 Å². The van der Waals surface area contributed by atoms with Gasteiger partial charge in [0.15, 0.2) is 12.2 Å². The molecule has 2 aliphatic rings. The summed E-state index contributed by atoms with van der Waals surface area (Å²) in [5, 5.41) is 32.8. The molecule has 0 aliphatic carbocycles. The van der Waals surface area contributed by atoms with Crippen LogP contribution in [0.25, 0.3) is 12.2 Å². The molecule has 2 aromatic heterocycles. The molecule has 17 N–H and O–H groups in total. The highest BCUT2D eigenvalue weighted by atomic mass is 32.2. The largest absolute Gasteiger partial charge is 0.447 e. The predicted octanol–water partition coefficient (Wildman–Crippen LogP) is 5.87. The van der Waals surface area contributed by atoms with Gasteiger partial charge in [-0.05, 0) is 171 Å². The highest BCUT2D eigenvalue weighted by molar-refractivity contribution is 8.00. The van der Waals surface area contributed by atoms with Gasteiger partial charge in [-0.3, -0.25) is 57.5 Å². The van der Waals surface area contributed by atoms with Crippen molar-refractivity contribution in [1.29, 1.82) is 0 Å². The molecule has 30 nitrogen and oxygen atoms in total. The number of oxazole rings is 1. The number of nitrogens with two attached hydrogens (primary N) is 2. The smallest absolute Gasteiger partial charge is 0.315 e. The second-order valence-electron chi connectivity index (χ2n) is 31.3. The number of amides is 11. The maximum Gasteiger partial charge on any atom is 0.315 e. The highest BCUT2D eigenvalue weighted by Crippen LogP contribution is 2.33. The van der Waals surface area contributed by atoms with Crippen molar-refractivity contribution in [1.82, 2.24) is 73.4 Å². The van der Waals surface area contributed by atoms with Crippen molar-refractivity contribution in [3.8, 4) is 0 Å². The number of rotatable bonds is 59. The quantitative estimate of drug-likeness (QED) is 0.0140. The van der Waals surface area contributed by atoms with Crippen LogP contribution in [0.2, 0.25) is 0 Å². The summed E-state index contributed by atoms with van der Waals surface area (Å²) in [4.78, 5) is 176. The van der Waals surface area contributed by atoms with E-state index in [2.05, 4.69) is 73.4 Å². The number of ketones is 1. The molecular weight excluding hydrogens is 1500 g/mol. The number of carbonyl (C=O) groups excluding carboxylic acids is 11. The van der Waals surface area contributed by atoms with E-state index < -0.39 is 29.1 Å². The summed E-state index contributed by atoms with van der Waals surface area (Å²) in [5.41, 5.74) is 12.7. The minimum atomic E-state index is -0.845. The summed E-state index contributed by atoms with van der Waals surface area (Å²) in [6.45, 7) is 10.0. The van der Waals surface area contributed by atoms with Gasteiger partial charge < -0.3 is 84.3 Å². The topological polar surface area (TPSA) is 464 Å². The first-order valence-corrected chi connectivity index (χ1v) is 43.3. The highest BCUT2D eigenvalue weighted by Gasteiger charge is 2.42. The lowest BCUT2D eigenvalue weighted by Crippen LogP contribution is -2.53. The van der Waals surface area contributed by atoms with Crippen molar-refractivity contribution >= 4 is 88.9 Å². The van der Waals surface area contributed by atoms with Gasteiger partial charge in [0.25, 0.3) is 11.1 Å². The summed E-state index contributed by atoms with van der Waals surface area (Å²) in [7, 11) is 0. The van der Waals surface area contributed by atoms with Crippen LogP contribution in [0.5, 0.6) is 0 Å². The van der Waals surface area contributed by atoms with Crippen LogP contribution in [-0.2, 0) is 55.1 Å². The van der Waals surface area contributed by atoms with Crippen LogP contribution in [0.1, 0.15) is 278 Å². The number of nitrogens with zero attached hydrogens (tertiary/aromatic N) is 1. The number of aromatic amines is 2. The number of thioether (sulfide) groups is 1. The third-order valence-corrected chi connectivity index (χ3v) is 21.9. The van der Waals surface area contributed by atoms with Crippen LogP contribution in [0.15, 0.2) is 68.9 Å². The maximum atomic E-state index is 13.7. The fourth-order valence-corrected chi connectivity index (χ4v) is 15.2. The van der Waals surface area contributed by atoms with Gasteiger partial charge in [-0.15, -0.1) is 0 Å². The molecule has 0 unspecified atom stereocenters. The number of benzene rings is 2. The van der Waals surface area contributed by atoms with E-state index in [0.717, 1.165) is 88.4 Å². The molecule has 6 rings (SSSR count). The van der Waals surface area contributed by atoms with Gasteiger partial charge in [0.05, 0.1) is 12.1 Å². The first kappa shape index (κ1) is 95.4. The van der Waals surface area contributed by atoms with Crippen LogP contribution in [0.3, 0.4) is 0 Å². The Labute approximate surface area is 686 Å². The zero-order valence-electron chi connectivity index (χ0n) is 68.6. The summed E-state index contributed by atoms with van der Waals surface area (Å²) in [5.74, 6) is 0.0296. The zero-order valence-corrected chi connectivity index (χ0v) is 69.4. The molecule has 31 heteroatoms. The Morgan fingerprint density at radius 3 is 1.42 bits per heavy atom. The first-order chi connectivity index (χ1) is 56.0. The SMILES string of the molecule is CC(C)(C)c1ocnc1/C=c1\[nH]c(=O)/c(=C/c2cccc(C(=O)c3ccc(CNC(=O)CCCCCNC(=O)CCCCCNC(=O)CCCCCNC(=O)CCCCCNC(=O)[C@H](CCCCN)NC(=O)[C@H](CCCCN)NC(=O)CCCCCNC(=O)CCCCCNC(=O)CCCC[C@@H]4SC[C@@H]5NC(=O)N[C@@H]54)cc3)c2)[nH]c1=O. The van der Waals surface area contributed by atoms with Crippen molar-refractivity contribution in [3.05, 3.63) is 120 Å². The third kappa shape index (κ3) is 38.1. The van der Waals surface area contributed by atoms with Crippen molar-refractivity contribution < 1.29 is 57.2 Å². The summed E-state index contributed by atoms with van der Waals surface area (Å²) in [6.07, 6.45) is 25.8. The lowest BCUT2D eigenvalue weighted by Gasteiger charge is -2.23. The van der Waals surface area contributed by atoms with E-state index in [1.165, 1.54) is 18.5 Å². The number of fused-ring (bicyclic) bond motifs is 1. The average Bonchev–Trinajstić information content (AvgIpc) is 1.42. The standard InChI is InChI=1S/C85H130N16O14S/c1-85(2,3)79-65(95-58-115-79)55-67-83(113)98-66(82(112)99-67)54-60-29-28-30-62(53-60)78(109)61-43-41-59(42-44-61)56-94-75(107)38-14-7-25-49-90-71(103)35-11-4-22-47-88-70(102)34-10-5-23-48-89-73(105)37-13-8-27-52-93-80(110)63(31-18-20-45-86)97-81(111)64(32-19-21-46-87)96-76(108)40-15-9-26-51-91-72(104)36-12-6-24-50-92-74(106)39-17-16-33-69-77-68(57-116-69)100-84(114)101-77/h28-30,41-44,53-55,58,63-64,68-69,77H,4-27,31-40,45-52,56-57,86-87H2,1-3H3,(H,88,102)(H,89,105)(H,90,103)(H,91,104)(H,92,106)(H,93,110)(H,94,107)(H,96,108)(H,97,111)(H,98,113)(H,99,112)(H2,100,101,114)/b66-54-,67-55-/t63-,64-,68-,69-,77-/m0/s1. The van der Waals surface area contributed by atoms with Gasteiger partial charge in [0.1, 0.15) is 34.2 Å². The molecule has 2 fully saturated rings. The Morgan fingerprint density at radius 2 is 0.940 bits per heavy atom. The number of carbonyl (C=O) groups is 11. The van der Waals surface area contributed by atoms with E-state index in [1.54, 1.807) is 48.5 Å². The molecule has 116 heavy (non-hydrogen) atoms. The van der Waals surface area contributed by atoms with Gasteiger partial charge in [-0.25, -0.2) is 9.78 Å². The Kier molecular flexibility index (Phi) is 44.7. The lowest BCUT2D eigenvalue weighted by molar-refractivity contribution is -0.132. The molecule has 2 aliphatic heterocycles. The van der Waals surface area contributed by atoms with Gasteiger partial charge >= 0.3 is 6.03 Å². The molecule has 5 atom stereocenters. The first-order valence-electron chi connectivity index (χ1n) is 42.3. The maximum absolute atomic E-state index is 13.7. The van der Waals surface area contributed by atoms with Gasteiger partial charge in [-0.1, -0.05) is 108 Å². The second-order valence-corrected chi connectivity index (χ2v) is 32.6. The van der Waals surface area contributed by atoms with Crippen LogP contribution in [0.4, 0.5) is 4.79 Å². The van der Waals surface area contributed by atoms with Gasteiger partial charge in [0.2, 0.25) is 53.2 Å². The van der Waals surface area contributed by atoms with E-state index in [-0.39, 0.29) is 93.7 Å². The van der Waals surface area contributed by atoms with Crippen molar-refractivity contribution in [3.63, 3.8) is 0 Å². The summed E-state index contributed by atoms with van der Waals surface area (Å²) in [6, 6.07) is 12.3. The number of hydrogen-bond donors (Lipinski definition) is 15. The van der Waals surface area contributed by atoms with E-state index in [9.17, 15) is 62.3 Å². The molecule has 4 heterocycles. The molecule has 4 aromatic rings. The van der Waals surface area contributed by atoms with Crippen LogP contribution >= 0.6 is 11.8 Å². The minimum Gasteiger partial charge on any atom is -0.447 e. The molecular formula is C85H130N16O14S. The minimum absolute atomic E-state index is 0.0173. The number of H-pyrrole nitrogens is 2. The number of unbranched alkanes of at least 4 members (excludes halogenated alkanes) is 15. The fraction of sp³-hybridized carbons (Fsp3) is 0.624. The number of urea groups is 1. The molecule has 0 radical (unpaired) electrons. The number of aromatic nitrogens is 3. The van der Waals surface area contributed by atoms with Crippen molar-refractivity contribution in [2.24, 2.45) is 11.5 Å². The zero-order chi connectivity index (χ0) is 83.7. The molecule has 2 aromatic carbocycles. The van der Waals surface area contributed by atoms with E-state index in [0.29, 0.717) is 227 Å². The monoisotopic (exact) mass is 1630 g/mol. The van der Waals surface area contributed by atoms with Crippen molar-refractivity contribution in [2.75, 3.05) is 58.1 Å². The molecule has 0 bridgehead atoms. The summed E-state index contributed by atoms with van der Waals surface area (Å²) < 4.78 is 5.52. The average molecular weight is 1630 g/mol. The van der Waals surface area contributed by atoms with Crippen LogP contribution in [-0.4, -0.2) is 167 Å². The van der Waals surface area contributed by atoms with E-state index in [1.807, 2.05) is 32.5 Å². The Balaban J connectivity index is 0.702. The fourth-order valence-electron chi connectivity index (χ4n) is 13.7. The normalized spacial score (nSPS) is 15.1. The Bertz CT molecular complexity index is 4010. The Morgan fingerprint density at radius 1 is 0.491 bits per heavy atom. The number of hydrogen-bond acceptors (Lipinski definition) is 18. The van der Waals surface area contributed by atoms with Crippen LogP contribution < -0.4 is 91.8 Å². The molecule has 0 spiro atoms. The molecule has 0 saturated carbocycles. The predicted molar refractivity (Wildman–Crippen MR) is 450 cm³/mol. The molecule has 640 valence electrons. The van der Waals surface area contributed by atoms with E-state index >= 15 is 0 Å².